The zero-order valence-electron chi connectivity index (χ0n) is 11.1. The number of hydrogen-bond acceptors (Lipinski definition) is 3. The maximum atomic E-state index is 5.90. The second-order valence-corrected chi connectivity index (χ2v) is 4.68. The van der Waals surface area contributed by atoms with Crippen molar-refractivity contribution in [1.82, 2.24) is 9.88 Å². The monoisotopic (exact) mass is 235 g/mol. The number of likely N-dealkylation sites (N-methyl/N-ethyl adjacent to an activating group) is 1. The van der Waals surface area contributed by atoms with Crippen LogP contribution in [0.1, 0.15) is 31.9 Å². The summed E-state index contributed by atoms with van der Waals surface area (Å²) in [5.74, 6) is 0. The van der Waals surface area contributed by atoms with Crippen molar-refractivity contribution >= 4 is 0 Å². The van der Waals surface area contributed by atoms with Crippen molar-refractivity contribution in [3.8, 4) is 0 Å². The Bertz CT molecular complexity index is 287. The molecule has 1 aromatic heterocycles. The Labute approximate surface area is 105 Å². The Morgan fingerprint density at radius 1 is 1.35 bits per heavy atom. The predicted molar refractivity (Wildman–Crippen MR) is 72.9 cm³/mol. The summed E-state index contributed by atoms with van der Waals surface area (Å²) in [4.78, 5) is 6.68. The van der Waals surface area contributed by atoms with E-state index in [4.69, 9.17) is 5.73 Å². The molecule has 1 rings (SSSR count). The van der Waals surface area contributed by atoms with E-state index in [1.54, 1.807) is 0 Å². The summed E-state index contributed by atoms with van der Waals surface area (Å²) in [7, 11) is 2.17. The minimum atomic E-state index is 0.374. The minimum absolute atomic E-state index is 0.374. The standard InChI is InChI=1S/C14H25N3/c1-3-13(15)7-6-11-17(2)12-9-14-8-4-5-10-16-14/h4-5,8,10,13H,3,6-7,9,11-12,15H2,1-2H3. The number of hydrogen-bond donors (Lipinski definition) is 1. The SMILES string of the molecule is CCC(N)CCCN(C)CCc1ccccn1. The van der Waals surface area contributed by atoms with E-state index in [9.17, 15) is 0 Å². The molecule has 1 unspecified atom stereocenters. The van der Waals surface area contributed by atoms with Gasteiger partial charge in [-0.25, -0.2) is 0 Å². The van der Waals surface area contributed by atoms with Crippen LogP contribution in [-0.2, 0) is 6.42 Å². The van der Waals surface area contributed by atoms with Crippen molar-refractivity contribution in [2.75, 3.05) is 20.1 Å². The van der Waals surface area contributed by atoms with Gasteiger partial charge in [0.05, 0.1) is 0 Å². The van der Waals surface area contributed by atoms with E-state index in [0.29, 0.717) is 6.04 Å². The first-order valence-electron chi connectivity index (χ1n) is 6.56. The fourth-order valence-electron chi connectivity index (χ4n) is 1.79. The normalized spacial score (nSPS) is 12.9. The summed E-state index contributed by atoms with van der Waals surface area (Å²) in [6.45, 7) is 4.34. The van der Waals surface area contributed by atoms with Crippen LogP contribution in [0.5, 0.6) is 0 Å². The molecule has 0 saturated carbocycles. The van der Waals surface area contributed by atoms with Crippen molar-refractivity contribution in [3.05, 3.63) is 30.1 Å². The summed E-state index contributed by atoms with van der Waals surface area (Å²) in [6.07, 6.45) is 6.28. The van der Waals surface area contributed by atoms with E-state index in [2.05, 4.69) is 29.9 Å². The molecule has 1 atom stereocenters. The largest absolute Gasteiger partial charge is 0.328 e. The van der Waals surface area contributed by atoms with Gasteiger partial charge in [-0.2, -0.15) is 0 Å². The van der Waals surface area contributed by atoms with Gasteiger partial charge in [0.1, 0.15) is 0 Å². The van der Waals surface area contributed by atoms with E-state index < -0.39 is 0 Å². The Balaban J connectivity index is 2.11. The van der Waals surface area contributed by atoms with Crippen molar-refractivity contribution in [2.45, 2.75) is 38.6 Å². The number of nitrogens with two attached hydrogens (primary N) is 1. The highest BCUT2D eigenvalue weighted by Crippen LogP contribution is 2.01. The molecule has 0 amide bonds. The Morgan fingerprint density at radius 2 is 2.18 bits per heavy atom. The summed E-state index contributed by atoms with van der Waals surface area (Å²) in [5.41, 5.74) is 7.07. The molecule has 1 heterocycles. The lowest BCUT2D eigenvalue weighted by molar-refractivity contribution is 0.323. The third-order valence-electron chi connectivity index (χ3n) is 3.11. The van der Waals surface area contributed by atoms with Gasteiger partial charge in [-0.3, -0.25) is 4.98 Å². The lowest BCUT2D eigenvalue weighted by Crippen LogP contribution is -2.25. The molecule has 0 aromatic carbocycles. The zero-order valence-corrected chi connectivity index (χ0v) is 11.1. The molecule has 0 fully saturated rings. The van der Waals surface area contributed by atoms with E-state index in [1.165, 1.54) is 12.1 Å². The van der Waals surface area contributed by atoms with Crippen LogP contribution >= 0.6 is 0 Å². The first kappa shape index (κ1) is 14.1. The van der Waals surface area contributed by atoms with E-state index in [1.807, 2.05) is 18.3 Å². The van der Waals surface area contributed by atoms with Gasteiger partial charge in [-0.15, -0.1) is 0 Å². The highest BCUT2D eigenvalue weighted by atomic mass is 15.1. The highest BCUT2D eigenvalue weighted by molar-refractivity contribution is 5.03. The molecule has 1 aromatic rings. The fourth-order valence-corrected chi connectivity index (χ4v) is 1.79. The van der Waals surface area contributed by atoms with Crippen molar-refractivity contribution in [3.63, 3.8) is 0 Å². The molecular weight excluding hydrogens is 210 g/mol. The van der Waals surface area contributed by atoms with E-state index in [-0.39, 0.29) is 0 Å². The second-order valence-electron chi connectivity index (χ2n) is 4.68. The first-order valence-corrected chi connectivity index (χ1v) is 6.56. The van der Waals surface area contributed by atoms with Crippen LogP contribution in [0.4, 0.5) is 0 Å². The van der Waals surface area contributed by atoms with Crippen LogP contribution in [0.3, 0.4) is 0 Å². The molecule has 0 aliphatic rings. The van der Waals surface area contributed by atoms with Crippen molar-refractivity contribution in [1.29, 1.82) is 0 Å². The Morgan fingerprint density at radius 3 is 2.82 bits per heavy atom. The maximum Gasteiger partial charge on any atom is 0.0416 e. The van der Waals surface area contributed by atoms with Gasteiger partial charge < -0.3 is 10.6 Å². The predicted octanol–water partition coefficient (Wildman–Crippen LogP) is 2.07. The van der Waals surface area contributed by atoms with Crippen LogP contribution in [0.2, 0.25) is 0 Å². The molecule has 0 radical (unpaired) electrons. The number of rotatable bonds is 8. The fraction of sp³-hybridized carbons (Fsp3) is 0.643. The van der Waals surface area contributed by atoms with Crippen LogP contribution in [0, 0.1) is 0 Å². The maximum absolute atomic E-state index is 5.90. The smallest absolute Gasteiger partial charge is 0.0416 e. The number of pyridine rings is 1. The molecule has 0 aliphatic heterocycles. The number of nitrogens with zero attached hydrogens (tertiary/aromatic N) is 2. The van der Waals surface area contributed by atoms with Gasteiger partial charge >= 0.3 is 0 Å². The van der Waals surface area contributed by atoms with Crippen LogP contribution in [0.25, 0.3) is 0 Å². The average Bonchev–Trinajstić information content (AvgIpc) is 2.37. The number of aromatic nitrogens is 1. The van der Waals surface area contributed by atoms with Crippen molar-refractivity contribution < 1.29 is 0 Å². The van der Waals surface area contributed by atoms with Gasteiger partial charge in [0.2, 0.25) is 0 Å². The molecule has 3 heteroatoms. The first-order chi connectivity index (χ1) is 8.22. The van der Waals surface area contributed by atoms with E-state index in [0.717, 1.165) is 32.4 Å². The summed E-state index contributed by atoms with van der Waals surface area (Å²) in [6, 6.07) is 6.46. The van der Waals surface area contributed by atoms with Crippen LogP contribution in [-0.4, -0.2) is 36.1 Å². The summed E-state index contributed by atoms with van der Waals surface area (Å²) in [5, 5.41) is 0. The summed E-state index contributed by atoms with van der Waals surface area (Å²) >= 11 is 0. The lowest BCUT2D eigenvalue weighted by atomic mass is 10.1. The van der Waals surface area contributed by atoms with Gasteiger partial charge in [0, 0.05) is 30.9 Å². The molecule has 17 heavy (non-hydrogen) atoms. The molecule has 96 valence electrons. The topological polar surface area (TPSA) is 42.1 Å². The van der Waals surface area contributed by atoms with Gasteiger partial charge in [0.15, 0.2) is 0 Å². The van der Waals surface area contributed by atoms with Crippen molar-refractivity contribution in [2.24, 2.45) is 5.73 Å². The second kappa shape index (κ2) is 8.20. The molecule has 0 spiro atoms. The van der Waals surface area contributed by atoms with Gasteiger partial charge in [-0.05, 0) is 45.0 Å². The van der Waals surface area contributed by atoms with Crippen LogP contribution < -0.4 is 5.73 Å². The Hall–Kier alpha value is -0.930. The average molecular weight is 235 g/mol. The molecule has 0 aliphatic carbocycles. The lowest BCUT2D eigenvalue weighted by Gasteiger charge is -2.17. The zero-order chi connectivity index (χ0) is 12.5. The molecule has 3 nitrogen and oxygen atoms in total. The van der Waals surface area contributed by atoms with E-state index >= 15 is 0 Å². The highest BCUT2D eigenvalue weighted by Gasteiger charge is 2.02. The molecular formula is C14H25N3. The Kier molecular flexibility index (Phi) is 6.82. The van der Waals surface area contributed by atoms with Crippen LogP contribution in [0.15, 0.2) is 24.4 Å². The summed E-state index contributed by atoms with van der Waals surface area (Å²) < 4.78 is 0. The third-order valence-corrected chi connectivity index (χ3v) is 3.11. The van der Waals surface area contributed by atoms with Gasteiger partial charge in [0.25, 0.3) is 0 Å². The molecule has 2 N–H and O–H groups in total. The minimum Gasteiger partial charge on any atom is -0.328 e. The van der Waals surface area contributed by atoms with Gasteiger partial charge in [-0.1, -0.05) is 13.0 Å². The molecule has 0 saturated heterocycles. The molecule has 0 bridgehead atoms. The quantitative estimate of drug-likeness (QED) is 0.750. The third kappa shape index (κ3) is 6.39.